The summed E-state index contributed by atoms with van der Waals surface area (Å²) in [5, 5.41) is 7.61. The van der Waals surface area contributed by atoms with Crippen LogP contribution in [0.1, 0.15) is 57.4 Å². The molecule has 2 aliphatic rings. The normalized spacial score (nSPS) is 23.1. The number of nitrogens with two attached hydrogens (primary N) is 1. The number of aryl methyl sites for hydroxylation is 2. The molecule has 0 amide bonds. The molecule has 3 N–H and O–H groups in total. The minimum absolute atomic E-state index is 0.266. The highest BCUT2D eigenvalue weighted by Crippen LogP contribution is 2.39. The second kappa shape index (κ2) is 5.15. The first kappa shape index (κ1) is 15.3. The quantitative estimate of drug-likeness (QED) is 0.890. The molecule has 3 heterocycles. The van der Waals surface area contributed by atoms with Crippen LogP contribution in [0.2, 0.25) is 0 Å². The highest BCUT2D eigenvalue weighted by molar-refractivity contribution is 7.19. The van der Waals surface area contributed by atoms with Crippen molar-refractivity contribution in [2.75, 3.05) is 5.32 Å². The SMILES string of the molecule is CC1(C)CC(Nc2ncnc3sc4c(c23)CCC4)CC(C)(C)[NH2+]1. The molecule has 0 bridgehead atoms. The number of hydrogen-bond donors (Lipinski definition) is 2. The predicted molar refractivity (Wildman–Crippen MR) is 96.2 cm³/mol. The molecule has 2 aromatic heterocycles. The standard InChI is InChI=1S/C18H26N4S/c1-17(2)8-11(9-18(3,4)22-17)21-15-14-12-6-5-7-13(12)23-16(14)20-10-19-15/h10-11,22H,5-9H2,1-4H3,(H,19,20,21)/p+1. The van der Waals surface area contributed by atoms with E-state index in [1.54, 1.807) is 6.33 Å². The molecule has 0 spiro atoms. The minimum atomic E-state index is 0.266. The molecule has 0 radical (unpaired) electrons. The average Bonchev–Trinajstić information content (AvgIpc) is 2.94. The third-order valence-electron chi connectivity index (χ3n) is 5.17. The maximum atomic E-state index is 4.62. The van der Waals surface area contributed by atoms with Gasteiger partial charge in [-0.15, -0.1) is 11.3 Å². The molecule has 1 fully saturated rings. The van der Waals surface area contributed by atoms with Crippen LogP contribution in [0.25, 0.3) is 10.2 Å². The molecule has 4 rings (SSSR count). The van der Waals surface area contributed by atoms with Crippen molar-refractivity contribution < 1.29 is 5.32 Å². The van der Waals surface area contributed by atoms with Gasteiger partial charge in [0.2, 0.25) is 0 Å². The van der Waals surface area contributed by atoms with Gasteiger partial charge >= 0.3 is 0 Å². The lowest BCUT2D eigenvalue weighted by atomic mass is 9.79. The summed E-state index contributed by atoms with van der Waals surface area (Å²) in [6, 6.07) is 0.472. The van der Waals surface area contributed by atoms with Gasteiger partial charge < -0.3 is 10.6 Å². The van der Waals surface area contributed by atoms with Crippen molar-refractivity contribution in [2.24, 2.45) is 0 Å². The Labute approximate surface area is 142 Å². The first-order chi connectivity index (χ1) is 10.8. The zero-order chi connectivity index (χ0) is 16.2. The Bertz CT molecular complexity index is 731. The molecule has 0 aromatic carbocycles. The summed E-state index contributed by atoms with van der Waals surface area (Å²) < 4.78 is 0. The number of nitrogens with zero attached hydrogens (tertiary/aromatic N) is 2. The van der Waals surface area contributed by atoms with Gasteiger partial charge in [0.25, 0.3) is 0 Å². The van der Waals surface area contributed by atoms with Crippen LogP contribution in [0.15, 0.2) is 6.33 Å². The van der Waals surface area contributed by atoms with Gasteiger partial charge in [0, 0.05) is 23.8 Å². The number of fused-ring (bicyclic) bond motifs is 3. The summed E-state index contributed by atoms with van der Waals surface area (Å²) >= 11 is 1.86. The van der Waals surface area contributed by atoms with Crippen molar-refractivity contribution in [3.63, 3.8) is 0 Å². The van der Waals surface area contributed by atoms with Crippen LogP contribution >= 0.6 is 11.3 Å². The highest BCUT2D eigenvalue weighted by atomic mass is 32.1. The minimum Gasteiger partial charge on any atom is -0.366 e. The second-order valence-electron chi connectivity index (χ2n) is 8.63. The number of nitrogens with one attached hydrogen (secondary N) is 1. The van der Waals surface area contributed by atoms with Gasteiger partial charge in [-0.1, -0.05) is 0 Å². The average molecular weight is 332 g/mol. The third-order valence-corrected chi connectivity index (χ3v) is 6.37. The molecule has 0 atom stereocenters. The highest BCUT2D eigenvalue weighted by Gasteiger charge is 2.42. The first-order valence-electron chi connectivity index (χ1n) is 8.72. The molecule has 2 aromatic rings. The van der Waals surface area contributed by atoms with Crippen LogP contribution in [-0.4, -0.2) is 27.1 Å². The molecule has 1 aliphatic carbocycles. The first-order valence-corrected chi connectivity index (χ1v) is 9.54. The topological polar surface area (TPSA) is 54.4 Å². The molecular formula is C18H27N4S+. The van der Waals surface area contributed by atoms with E-state index in [2.05, 4.69) is 48.3 Å². The molecular weight excluding hydrogens is 304 g/mol. The molecule has 1 aliphatic heterocycles. The van der Waals surface area contributed by atoms with E-state index in [0.29, 0.717) is 6.04 Å². The van der Waals surface area contributed by atoms with Gasteiger partial charge in [-0.05, 0) is 52.5 Å². The van der Waals surface area contributed by atoms with Crippen molar-refractivity contribution >= 4 is 27.4 Å². The van der Waals surface area contributed by atoms with E-state index in [-0.39, 0.29) is 11.1 Å². The van der Waals surface area contributed by atoms with E-state index < -0.39 is 0 Å². The zero-order valence-electron chi connectivity index (χ0n) is 14.6. The van der Waals surface area contributed by atoms with E-state index in [1.807, 2.05) is 11.3 Å². The van der Waals surface area contributed by atoms with Crippen molar-refractivity contribution in [1.82, 2.24) is 9.97 Å². The summed E-state index contributed by atoms with van der Waals surface area (Å²) in [6.07, 6.45) is 7.73. The van der Waals surface area contributed by atoms with Crippen LogP contribution in [0.3, 0.4) is 0 Å². The lowest BCUT2D eigenvalue weighted by Crippen LogP contribution is -3.06. The Hall–Kier alpha value is -1.20. The van der Waals surface area contributed by atoms with Gasteiger partial charge in [0.1, 0.15) is 17.0 Å². The number of thiophene rings is 1. The van der Waals surface area contributed by atoms with Crippen LogP contribution < -0.4 is 10.6 Å². The largest absolute Gasteiger partial charge is 0.366 e. The van der Waals surface area contributed by atoms with Gasteiger partial charge in [0.05, 0.1) is 16.5 Å². The Morgan fingerprint density at radius 3 is 2.61 bits per heavy atom. The van der Waals surface area contributed by atoms with Crippen molar-refractivity contribution in [1.29, 1.82) is 0 Å². The van der Waals surface area contributed by atoms with Crippen LogP contribution in [-0.2, 0) is 12.8 Å². The van der Waals surface area contributed by atoms with Gasteiger partial charge in [0.15, 0.2) is 0 Å². The van der Waals surface area contributed by atoms with Crippen molar-refractivity contribution in [2.45, 2.75) is 76.9 Å². The monoisotopic (exact) mass is 331 g/mol. The van der Waals surface area contributed by atoms with Crippen molar-refractivity contribution in [3.8, 4) is 0 Å². The summed E-state index contributed by atoms with van der Waals surface area (Å²) in [5.74, 6) is 1.06. The fourth-order valence-corrected chi connectivity index (χ4v) is 6.08. The van der Waals surface area contributed by atoms with Crippen LogP contribution in [0, 0.1) is 0 Å². The van der Waals surface area contributed by atoms with Crippen molar-refractivity contribution in [3.05, 3.63) is 16.8 Å². The van der Waals surface area contributed by atoms with E-state index in [0.717, 1.165) is 23.5 Å². The van der Waals surface area contributed by atoms with Crippen LogP contribution in [0.5, 0.6) is 0 Å². The van der Waals surface area contributed by atoms with E-state index in [1.165, 1.54) is 35.1 Å². The Morgan fingerprint density at radius 2 is 1.87 bits per heavy atom. The molecule has 0 saturated carbocycles. The summed E-state index contributed by atoms with van der Waals surface area (Å²) in [6.45, 7) is 9.39. The van der Waals surface area contributed by atoms with E-state index in [9.17, 15) is 0 Å². The Morgan fingerprint density at radius 1 is 1.13 bits per heavy atom. The zero-order valence-corrected chi connectivity index (χ0v) is 15.4. The second-order valence-corrected chi connectivity index (χ2v) is 9.71. The number of piperidine rings is 1. The molecule has 1 saturated heterocycles. The fraction of sp³-hybridized carbons (Fsp3) is 0.667. The molecule has 124 valence electrons. The molecule has 23 heavy (non-hydrogen) atoms. The summed E-state index contributed by atoms with van der Waals surface area (Å²) in [4.78, 5) is 11.8. The summed E-state index contributed by atoms with van der Waals surface area (Å²) in [7, 11) is 0. The smallest absolute Gasteiger partial charge is 0.138 e. The molecule has 0 unspecified atom stereocenters. The fourth-order valence-electron chi connectivity index (χ4n) is 4.85. The Kier molecular flexibility index (Phi) is 3.43. The maximum Gasteiger partial charge on any atom is 0.138 e. The lowest BCUT2D eigenvalue weighted by molar-refractivity contribution is -0.787. The molecule has 5 heteroatoms. The Balaban J connectivity index is 1.68. The number of hydrogen-bond acceptors (Lipinski definition) is 4. The number of quaternary nitrogens is 1. The summed E-state index contributed by atoms with van der Waals surface area (Å²) in [5.41, 5.74) is 2.04. The van der Waals surface area contributed by atoms with E-state index in [4.69, 9.17) is 0 Å². The number of rotatable bonds is 2. The number of anilines is 1. The van der Waals surface area contributed by atoms with Crippen LogP contribution in [0.4, 0.5) is 5.82 Å². The van der Waals surface area contributed by atoms with Gasteiger partial charge in [-0.25, -0.2) is 9.97 Å². The van der Waals surface area contributed by atoms with Gasteiger partial charge in [-0.3, -0.25) is 0 Å². The van der Waals surface area contributed by atoms with E-state index >= 15 is 0 Å². The predicted octanol–water partition coefficient (Wildman–Crippen LogP) is 2.87. The third kappa shape index (κ3) is 2.85. The molecule has 4 nitrogen and oxygen atoms in total. The van der Waals surface area contributed by atoms with Gasteiger partial charge in [-0.2, -0.15) is 0 Å². The number of aromatic nitrogens is 2. The maximum absolute atomic E-state index is 4.62. The lowest BCUT2D eigenvalue weighted by Gasteiger charge is -2.43.